The van der Waals surface area contributed by atoms with Crippen molar-refractivity contribution in [3.05, 3.63) is 12.1 Å². The Labute approximate surface area is 159 Å². The van der Waals surface area contributed by atoms with Crippen LogP contribution in [0, 0.1) is 5.92 Å². The highest BCUT2D eigenvalue weighted by molar-refractivity contribution is 6.11. The molecule has 0 saturated carbocycles. The van der Waals surface area contributed by atoms with Crippen molar-refractivity contribution in [3.63, 3.8) is 0 Å². The van der Waals surface area contributed by atoms with Gasteiger partial charge in [-0.25, -0.2) is 9.78 Å². The van der Waals surface area contributed by atoms with Crippen LogP contribution < -0.4 is 15.1 Å². The Balaban J connectivity index is 2.49. The average molecular weight is 376 g/mol. The van der Waals surface area contributed by atoms with E-state index in [2.05, 4.69) is 10.3 Å². The van der Waals surface area contributed by atoms with E-state index in [-0.39, 0.29) is 23.8 Å². The fourth-order valence-corrected chi connectivity index (χ4v) is 2.77. The molecule has 2 rings (SSSR count). The third-order valence-corrected chi connectivity index (χ3v) is 4.13. The number of anilines is 3. The largest absolute Gasteiger partial charge is 0.446 e. The zero-order valence-electron chi connectivity index (χ0n) is 16.8. The molecular weight excluding hydrogens is 348 g/mol. The maximum Gasteiger partial charge on any atom is 0.415 e. The standard InChI is InChI=1S/C19H28N4O4/c1-7-10-22(19(26)27-12(4)5)15-9-8-14-16(21-15)23(18(25)11(2)3)13(6)17(24)20-14/h8-9,11-13H,7,10H2,1-6H3,(H,20,24). The fourth-order valence-electron chi connectivity index (χ4n) is 2.77. The number of fused-ring (bicyclic) bond motifs is 1. The number of nitrogens with one attached hydrogen (secondary N) is 1. The lowest BCUT2D eigenvalue weighted by atomic mass is 10.1. The van der Waals surface area contributed by atoms with Gasteiger partial charge in [0.2, 0.25) is 11.8 Å². The van der Waals surface area contributed by atoms with Crippen LogP contribution in [-0.2, 0) is 14.3 Å². The maximum atomic E-state index is 12.7. The van der Waals surface area contributed by atoms with Crippen molar-refractivity contribution >= 4 is 35.2 Å². The number of carbonyl (C=O) groups excluding carboxylic acids is 3. The summed E-state index contributed by atoms with van der Waals surface area (Å²) in [5, 5.41) is 2.76. The Bertz CT molecular complexity index is 732. The lowest BCUT2D eigenvalue weighted by Gasteiger charge is -2.35. The molecule has 1 aromatic heterocycles. The van der Waals surface area contributed by atoms with Gasteiger partial charge in [0.05, 0.1) is 11.8 Å². The first kappa shape index (κ1) is 20.7. The molecule has 27 heavy (non-hydrogen) atoms. The van der Waals surface area contributed by atoms with Crippen molar-refractivity contribution in [2.24, 2.45) is 5.92 Å². The predicted octanol–water partition coefficient (Wildman–Crippen LogP) is 3.17. The van der Waals surface area contributed by atoms with Crippen molar-refractivity contribution in [1.29, 1.82) is 0 Å². The van der Waals surface area contributed by atoms with E-state index in [0.717, 1.165) is 0 Å². The molecule has 0 fully saturated rings. The van der Waals surface area contributed by atoms with Crippen LogP contribution in [0.2, 0.25) is 0 Å². The second-order valence-electron chi connectivity index (χ2n) is 7.15. The number of amides is 3. The van der Waals surface area contributed by atoms with Crippen LogP contribution in [0.5, 0.6) is 0 Å². The minimum Gasteiger partial charge on any atom is -0.446 e. The number of ether oxygens (including phenoxy) is 1. The molecule has 8 heteroatoms. The average Bonchev–Trinajstić information content (AvgIpc) is 2.59. The number of hydrogen-bond donors (Lipinski definition) is 1. The first-order chi connectivity index (χ1) is 12.7. The van der Waals surface area contributed by atoms with E-state index in [1.807, 2.05) is 6.92 Å². The summed E-state index contributed by atoms with van der Waals surface area (Å²) < 4.78 is 5.31. The Kier molecular flexibility index (Phi) is 6.41. The van der Waals surface area contributed by atoms with Gasteiger partial charge in [-0.05, 0) is 39.3 Å². The summed E-state index contributed by atoms with van der Waals surface area (Å²) in [5.41, 5.74) is 0.449. The number of pyridine rings is 1. The highest BCUT2D eigenvalue weighted by atomic mass is 16.6. The zero-order valence-corrected chi connectivity index (χ0v) is 16.8. The van der Waals surface area contributed by atoms with Gasteiger partial charge in [-0.3, -0.25) is 19.4 Å². The summed E-state index contributed by atoms with van der Waals surface area (Å²) in [6, 6.07) is 2.62. The zero-order chi connectivity index (χ0) is 20.3. The predicted molar refractivity (Wildman–Crippen MR) is 104 cm³/mol. The number of nitrogens with zero attached hydrogens (tertiary/aromatic N) is 3. The summed E-state index contributed by atoms with van der Waals surface area (Å²) in [7, 11) is 0. The highest BCUT2D eigenvalue weighted by Crippen LogP contribution is 2.33. The lowest BCUT2D eigenvalue weighted by Crippen LogP contribution is -2.51. The molecule has 3 amide bonds. The molecule has 2 heterocycles. The van der Waals surface area contributed by atoms with E-state index < -0.39 is 12.1 Å². The molecular formula is C19H28N4O4. The molecule has 1 atom stereocenters. The van der Waals surface area contributed by atoms with Crippen LogP contribution in [0.1, 0.15) is 48.0 Å². The summed E-state index contributed by atoms with van der Waals surface area (Å²) in [6.45, 7) is 11.1. The van der Waals surface area contributed by atoms with Gasteiger partial charge in [-0.1, -0.05) is 20.8 Å². The van der Waals surface area contributed by atoms with Gasteiger partial charge < -0.3 is 10.1 Å². The number of aromatic nitrogens is 1. The van der Waals surface area contributed by atoms with E-state index in [1.54, 1.807) is 46.8 Å². The van der Waals surface area contributed by atoms with Crippen molar-refractivity contribution in [2.45, 2.75) is 60.1 Å². The van der Waals surface area contributed by atoms with E-state index >= 15 is 0 Å². The minimum atomic E-state index is -0.683. The molecule has 0 radical (unpaired) electrons. The molecule has 1 aromatic rings. The minimum absolute atomic E-state index is 0.199. The van der Waals surface area contributed by atoms with E-state index in [4.69, 9.17) is 4.74 Å². The number of carbonyl (C=O) groups is 3. The van der Waals surface area contributed by atoms with Crippen LogP contribution in [0.25, 0.3) is 0 Å². The molecule has 0 aliphatic carbocycles. The number of hydrogen-bond acceptors (Lipinski definition) is 5. The van der Waals surface area contributed by atoms with Crippen LogP contribution in [0.15, 0.2) is 12.1 Å². The first-order valence-corrected chi connectivity index (χ1v) is 9.30. The molecule has 1 aliphatic rings. The van der Waals surface area contributed by atoms with Crippen molar-refractivity contribution in [1.82, 2.24) is 4.98 Å². The number of rotatable bonds is 5. The van der Waals surface area contributed by atoms with Gasteiger partial charge in [0.1, 0.15) is 11.9 Å². The Morgan fingerprint density at radius 2 is 1.96 bits per heavy atom. The molecule has 0 spiro atoms. The molecule has 1 N–H and O–H groups in total. The molecule has 1 aliphatic heterocycles. The Morgan fingerprint density at radius 3 is 2.52 bits per heavy atom. The van der Waals surface area contributed by atoms with Gasteiger partial charge in [0, 0.05) is 12.5 Å². The summed E-state index contributed by atoms with van der Waals surface area (Å²) >= 11 is 0. The SMILES string of the molecule is CCCN(C(=O)OC(C)C)c1ccc2c(n1)N(C(=O)C(C)C)C(C)C(=O)N2. The van der Waals surface area contributed by atoms with Gasteiger partial charge in [0.15, 0.2) is 5.82 Å². The van der Waals surface area contributed by atoms with Gasteiger partial charge in [0.25, 0.3) is 0 Å². The normalized spacial score (nSPS) is 16.2. The molecule has 0 aromatic carbocycles. The smallest absolute Gasteiger partial charge is 0.415 e. The monoisotopic (exact) mass is 376 g/mol. The van der Waals surface area contributed by atoms with Crippen LogP contribution in [-0.4, -0.2) is 41.6 Å². The van der Waals surface area contributed by atoms with Crippen LogP contribution in [0.4, 0.5) is 22.1 Å². The molecule has 148 valence electrons. The lowest BCUT2D eigenvalue weighted by molar-refractivity contribution is -0.125. The third-order valence-electron chi connectivity index (χ3n) is 4.13. The molecule has 1 unspecified atom stereocenters. The van der Waals surface area contributed by atoms with Gasteiger partial charge in [-0.2, -0.15) is 0 Å². The summed E-state index contributed by atoms with van der Waals surface area (Å²) in [4.78, 5) is 44.8. The highest BCUT2D eigenvalue weighted by Gasteiger charge is 2.36. The second-order valence-corrected chi connectivity index (χ2v) is 7.15. The molecule has 0 saturated heterocycles. The van der Waals surface area contributed by atoms with Crippen molar-refractivity contribution < 1.29 is 19.1 Å². The Hall–Kier alpha value is -2.64. The van der Waals surface area contributed by atoms with Crippen LogP contribution in [0.3, 0.4) is 0 Å². The molecule has 0 bridgehead atoms. The van der Waals surface area contributed by atoms with Crippen LogP contribution >= 0.6 is 0 Å². The Morgan fingerprint density at radius 1 is 1.30 bits per heavy atom. The van der Waals surface area contributed by atoms with Crippen molar-refractivity contribution in [2.75, 3.05) is 21.7 Å². The second kappa shape index (κ2) is 8.37. The third kappa shape index (κ3) is 4.37. The topological polar surface area (TPSA) is 91.8 Å². The van der Waals surface area contributed by atoms with Gasteiger partial charge in [-0.15, -0.1) is 0 Å². The fraction of sp³-hybridized carbons (Fsp3) is 0.579. The maximum absolute atomic E-state index is 12.7. The van der Waals surface area contributed by atoms with E-state index in [1.165, 1.54) is 9.80 Å². The van der Waals surface area contributed by atoms with Crippen molar-refractivity contribution in [3.8, 4) is 0 Å². The summed E-state index contributed by atoms with van der Waals surface area (Å²) in [5.74, 6) is -0.0389. The first-order valence-electron chi connectivity index (χ1n) is 9.30. The summed E-state index contributed by atoms with van der Waals surface area (Å²) in [6.07, 6.45) is -0.0324. The molecule has 8 nitrogen and oxygen atoms in total. The van der Waals surface area contributed by atoms with Gasteiger partial charge >= 0.3 is 6.09 Å². The van der Waals surface area contributed by atoms with E-state index in [9.17, 15) is 14.4 Å². The van der Waals surface area contributed by atoms with E-state index in [0.29, 0.717) is 30.3 Å². The quantitative estimate of drug-likeness (QED) is 0.852.